The van der Waals surface area contributed by atoms with Crippen LogP contribution in [0, 0.1) is 5.92 Å². The molecule has 8 heteroatoms. The molecule has 2 heterocycles. The Hall–Kier alpha value is -2.87. The van der Waals surface area contributed by atoms with Crippen molar-refractivity contribution in [1.82, 2.24) is 19.6 Å². The maximum absolute atomic E-state index is 13.5. The van der Waals surface area contributed by atoms with Crippen LogP contribution in [-0.4, -0.2) is 77.4 Å². The second kappa shape index (κ2) is 11.8. The first-order chi connectivity index (χ1) is 15.9. The van der Waals surface area contributed by atoms with E-state index in [1.165, 1.54) is 0 Å². The molecule has 0 saturated carbocycles. The summed E-state index contributed by atoms with van der Waals surface area (Å²) in [6.07, 6.45) is 5.77. The van der Waals surface area contributed by atoms with Crippen molar-refractivity contribution in [2.75, 3.05) is 40.0 Å². The number of hydrogen-bond donors (Lipinski definition) is 0. The molecule has 1 atom stereocenters. The fourth-order valence-corrected chi connectivity index (χ4v) is 4.20. The Kier molecular flexibility index (Phi) is 8.88. The summed E-state index contributed by atoms with van der Waals surface area (Å²) in [5, 5.41) is 4.18. The summed E-state index contributed by atoms with van der Waals surface area (Å²) < 4.78 is 13.1. The zero-order valence-corrected chi connectivity index (χ0v) is 20.2. The number of hydrogen-bond acceptors (Lipinski definition) is 5. The van der Waals surface area contributed by atoms with Crippen molar-refractivity contribution < 1.29 is 19.1 Å². The Balaban J connectivity index is 1.92. The van der Waals surface area contributed by atoms with Gasteiger partial charge in [-0.05, 0) is 37.3 Å². The molecule has 1 aromatic heterocycles. The van der Waals surface area contributed by atoms with E-state index in [2.05, 4.69) is 18.9 Å². The summed E-state index contributed by atoms with van der Waals surface area (Å²) in [6.45, 7) is 6.80. The molecule has 180 valence electrons. The summed E-state index contributed by atoms with van der Waals surface area (Å²) in [7, 11) is 3.44. The molecule has 0 bridgehead atoms. The predicted octanol–water partition coefficient (Wildman–Crippen LogP) is 3.24. The van der Waals surface area contributed by atoms with E-state index in [-0.39, 0.29) is 17.9 Å². The van der Waals surface area contributed by atoms with Crippen molar-refractivity contribution in [3.8, 4) is 5.75 Å². The molecular weight excluding hydrogens is 420 g/mol. The lowest BCUT2D eigenvalue weighted by Crippen LogP contribution is -2.45. The molecule has 1 aliphatic heterocycles. The highest BCUT2D eigenvalue weighted by atomic mass is 16.5. The second-order valence-electron chi connectivity index (χ2n) is 8.98. The van der Waals surface area contributed by atoms with E-state index in [0.29, 0.717) is 55.6 Å². The summed E-state index contributed by atoms with van der Waals surface area (Å²) in [4.78, 5) is 30.5. The van der Waals surface area contributed by atoms with Gasteiger partial charge in [0.1, 0.15) is 12.4 Å². The number of para-hydroxylation sites is 1. The molecule has 1 aromatic carbocycles. The normalized spacial score (nSPS) is 17.8. The lowest BCUT2D eigenvalue weighted by Gasteiger charge is -2.34. The van der Waals surface area contributed by atoms with Crippen LogP contribution in [0.25, 0.3) is 0 Å². The molecular formula is C25H36N4O4. The number of benzene rings is 1. The minimum Gasteiger partial charge on any atom is -0.491 e. The van der Waals surface area contributed by atoms with Gasteiger partial charge in [-0.1, -0.05) is 26.0 Å². The smallest absolute Gasteiger partial charge is 0.257 e. The monoisotopic (exact) mass is 456 g/mol. The van der Waals surface area contributed by atoms with Gasteiger partial charge in [0, 0.05) is 40.0 Å². The van der Waals surface area contributed by atoms with Gasteiger partial charge in [0.05, 0.1) is 30.0 Å². The summed E-state index contributed by atoms with van der Waals surface area (Å²) in [5.74, 6) is 0.854. The van der Waals surface area contributed by atoms with E-state index >= 15 is 0 Å². The van der Waals surface area contributed by atoms with Gasteiger partial charge in [-0.15, -0.1) is 0 Å². The highest BCUT2D eigenvalue weighted by molar-refractivity contribution is 5.97. The number of fused-ring (bicyclic) bond motifs is 1. The van der Waals surface area contributed by atoms with Crippen LogP contribution < -0.4 is 4.74 Å². The first kappa shape index (κ1) is 24.8. The van der Waals surface area contributed by atoms with Gasteiger partial charge in [0.25, 0.3) is 11.8 Å². The molecule has 0 unspecified atom stereocenters. The van der Waals surface area contributed by atoms with Crippen molar-refractivity contribution in [2.45, 2.75) is 39.2 Å². The van der Waals surface area contributed by atoms with E-state index in [1.807, 2.05) is 35.0 Å². The Morgan fingerprint density at radius 2 is 2.00 bits per heavy atom. The van der Waals surface area contributed by atoms with E-state index in [1.54, 1.807) is 30.3 Å². The first-order valence-electron chi connectivity index (χ1n) is 11.7. The number of aryl methyl sites for hydroxylation is 1. The van der Waals surface area contributed by atoms with Gasteiger partial charge in [0.2, 0.25) is 0 Å². The fourth-order valence-electron chi connectivity index (χ4n) is 4.20. The Morgan fingerprint density at radius 1 is 1.24 bits per heavy atom. The van der Waals surface area contributed by atoms with Crippen LogP contribution in [0.15, 0.2) is 36.7 Å². The zero-order valence-electron chi connectivity index (χ0n) is 20.2. The molecule has 8 nitrogen and oxygen atoms in total. The number of aromatic nitrogens is 2. The summed E-state index contributed by atoms with van der Waals surface area (Å²) in [5.41, 5.74) is 1.12. The van der Waals surface area contributed by atoms with Crippen LogP contribution in [0.4, 0.5) is 0 Å². The predicted molar refractivity (Wildman–Crippen MR) is 126 cm³/mol. The van der Waals surface area contributed by atoms with Crippen molar-refractivity contribution in [2.24, 2.45) is 13.0 Å². The zero-order chi connectivity index (χ0) is 23.8. The lowest BCUT2D eigenvalue weighted by molar-refractivity contribution is 0.0545. The number of rotatable bonds is 6. The minimum absolute atomic E-state index is 0.0324. The largest absolute Gasteiger partial charge is 0.491 e. The van der Waals surface area contributed by atoms with Crippen LogP contribution >= 0.6 is 0 Å². The number of methoxy groups -OCH3 is 1. The SMILES string of the molecule is COCCN1CCCCN(C(=O)c2cnn(C)c2)[C@@H](CC(C)C)COc2ccccc2C1=O. The number of carbonyl (C=O) groups is 2. The molecule has 0 N–H and O–H groups in total. The molecule has 0 aliphatic carbocycles. The molecule has 0 spiro atoms. The first-order valence-corrected chi connectivity index (χ1v) is 11.7. The second-order valence-corrected chi connectivity index (χ2v) is 8.98. The average Bonchev–Trinajstić information content (AvgIpc) is 3.23. The minimum atomic E-state index is -0.107. The number of amides is 2. The van der Waals surface area contributed by atoms with Gasteiger partial charge in [-0.3, -0.25) is 14.3 Å². The van der Waals surface area contributed by atoms with E-state index in [4.69, 9.17) is 9.47 Å². The van der Waals surface area contributed by atoms with Crippen LogP contribution in [0.5, 0.6) is 5.75 Å². The third-order valence-corrected chi connectivity index (χ3v) is 5.88. The summed E-state index contributed by atoms with van der Waals surface area (Å²) >= 11 is 0. The van der Waals surface area contributed by atoms with E-state index in [9.17, 15) is 9.59 Å². The van der Waals surface area contributed by atoms with Crippen LogP contribution in [0.1, 0.15) is 53.8 Å². The highest BCUT2D eigenvalue weighted by Crippen LogP contribution is 2.24. The molecule has 2 aromatic rings. The molecule has 3 rings (SSSR count). The van der Waals surface area contributed by atoms with Crippen LogP contribution in [-0.2, 0) is 11.8 Å². The van der Waals surface area contributed by atoms with Crippen molar-refractivity contribution in [3.05, 3.63) is 47.8 Å². The van der Waals surface area contributed by atoms with Gasteiger partial charge in [-0.2, -0.15) is 5.10 Å². The van der Waals surface area contributed by atoms with Crippen molar-refractivity contribution in [3.63, 3.8) is 0 Å². The van der Waals surface area contributed by atoms with Crippen LogP contribution in [0.3, 0.4) is 0 Å². The van der Waals surface area contributed by atoms with Gasteiger partial charge in [-0.25, -0.2) is 0 Å². The van der Waals surface area contributed by atoms with Crippen molar-refractivity contribution in [1.29, 1.82) is 0 Å². The maximum atomic E-state index is 13.5. The third kappa shape index (κ3) is 6.57. The van der Waals surface area contributed by atoms with Crippen molar-refractivity contribution >= 4 is 11.8 Å². The Bertz CT molecular complexity index is 927. The quantitative estimate of drug-likeness (QED) is 0.667. The van der Waals surface area contributed by atoms with Gasteiger partial charge >= 0.3 is 0 Å². The lowest BCUT2D eigenvalue weighted by atomic mass is 10.0. The van der Waals surface area contributed by atoms with E-state index < -0.39 is 0 Å². The highest BCUT2D eigenvalue weighted by Gasteiger charge is 2.28. The summed E-state index contributed by atoms with van der Waals surface area (Å²) in [6, 6.07) is 7.24. The standard InChI is InChI=1S/C25H36N4O4/c1-19(2)15-21-18-33-23-10-6-5-9-22(23)25(31)28(13-14-32-4)11-7-8-12-29(21)24(30)20-16-26-27(3)17-20/h5-6,9-10,16-17,19,21H,7-8,11-15,18H2,1-4H3/t21-/m0/s1. The molecule has 0 saturated heterocycles. The number of nitrogens with zero attached hydrogens (tertiary/aromatic N) is 4. The topological polar surface area (TPSA) is 76.9 Å². The number of ether oxygens (including phenoxy) is 2. The maximum Gasteiger partial charge on any atom is 0.257 e. The van der Waals surface area contributed by atoms with E-state index in [0.717, 1.165) is 19.3 Å². The fraction of sp³-hybridized carbons (Fsp3) is 0.560. The molecule has 1 aliphatic rings. The Morgan fingerprint density at radius 3 is 2.70 bits per heavy atom. The molecule has 0 fully saturated rings. The average molecular weight is 457 g/mol. The molecule has 0 radical (unpaired) electrons. The van der Waals surface area contributed by atoms with Gasteiger partial charge < -0.3 is 19.3 Å². The van der Waals surface area contributed by atoms with Gasteiger partial charge in [0.15, 0.2) is 0 Å². The van der Waals surface area contributed by atoms with Crippen LogP contribution in [0.2, 0.25) is 0 Å². The molecule has 33 heavy (non-hydrogen) atoms. The Labute approximate surface area is 196 Å². The third-order valence-electron chi connectivity index (χ3n) is 5.88. The number of carbonyl (C=O) groups excluding carboxylic acids is 2. The molecule has 2 amide bonds.